The number of methoxy groups -OCH3 is 1. The average molecular weight is 367 g/mol. The highest BCUT2D eigenvalue weighted by molar-refractivity contribution is 6.10. The Morgan fingerprint density at radius 2 is 1.70 bits per heavy atom. The van der Waals surface area contributed by atoms with Crippen molar-refractivity contribution in [2.75, 3.05) is 14.2 Å². The molecule has 0 saturated carbocycles. The number of hydrogen-bond acceptors (Lipinski definition) is 4. The van der Waals surface area contributed by atoms with Crippen molar-refractivity contribution in [3.05, 3.63) is 77.1 Å². The second-order valence-electron chi connectivity index (χ2n) is 5.93. The SMILES string of the molecule is CNCc1ccc(/C=C/C(=O)CC(=O)/C=C/c2cc(F)ccc2OC)cc1. The second kappa shape index (κ2) is 10.2. The number of nitrogens with one attached hydrogen (secondary N) is 1. The Balaban J connectivity index is 1.93. The van der Waals surface area contributed by atoms with Crippen molar-refractivity contribution in [1.82, 2.24) is 5.32 Å². The molecule has 2 aromatic rings. The fourth-order valence-electron chi connectivity index (χ4n) is 2.45. The van der Waals surface area contributed by atoms with Gasteiger partial charge in [-0.2, -0.15) is 0 Å². The molecule has 0 aliphatic carbocycles. The van der Waals surface area contributed by atoms with Crippen LogP contribution in [0.2, 0.25) is 0 Å². The van der Waals surface area contributed by atoms with Crippen LogP contribution in [0.1, 0.15) is 23.1 Å². The molecule has 1 N–H and O–H groups in total. The molecular formula is C22H22FNO3. The maximum absolute atomic E-state index is 13.3. The zero-order valence-electron chi connectivity index (χ0n) is 15.4. The number of carbonyl (C=O) groups is 2. The molecule has 2 rings (SSSR count). The van der Waals surface area contributed by atoms with E-state index < -0.39 is 5.82 Å². The smallest absolute Gasteiger partial charge is 0.163 e. The predicted octanol–water partition coefficient (Wildman–Crippen LogP) is 3.81. The van der Waals surface area contributed by atoms with Crippen molar-refractivity contribution in [2.24, 2.45) is 0 Å². The zero-order valence-corrected chi connectivity index (χ0v) is 15.4. The molecule has 0 heterocycles. The summed E-state index contributed by atoms with van der Waals surface area (Å²) in [5, 5.41) is 3.06. The summed E-state index contributed by atoms with van der Waals surface area (Å²) < 4.78 is 18.4. The van der Waals surface area contributed by atoms with E-state index in [0.717, 1.165) is 17.7 Å². The fraction of sp³-hybridized carbons (Fsp3) is 0.182. The second-order valence-corrected chi connectivity index (χ2v) is 5.93. The van der Waals surface area contributed by atoms with Crippen LogP contribution < -0.4 is 10.1 Å². The number of ketones is 2. The van der Waals surface area contributed by atoms with Gasteiger partial charge in [0.25, 0.3) is 0 Å². The van der Waals surface area contributed by atoms with Crippen molar-refractivity contribution in [3.63, 3.8) is 0 Å². The standard InChI is InChI=1S/C22H22FNO3/c1-24-15-17-5-3-16(4-6-17)7-10-20(25)14-21(26)11-8-18-13-19(23)9-12-22(18)27-2/h3-13,24H,14-15H2,1-2H3/b10-7+,11-8+. The number of allylic oxidation sites excluding steroid dienone is 2. The molecule has 140 valence electrons. The lowest BCUT2D eigenvalue weighted by atomic mass is 10.1. The van der Waals surface area contributed by atoms with E-state index in [-0.39, 0.29) is 18.0 Å². The number of ether oxygens (including phenoxy) is 1. The quantitative estimate of drug-likeness (QED) is 0.541. The molecule has 0 spiro atoms. The Morgan fingerprint density at radius 1 is 1.04 bits per heavy atom. The summed E-state index contributed by atoms with van der Waals surface area (Å²) >= 11 is 0. The molecule has 0 fully saturated rings. The predicted molar refractivity (Wildman–Crippen MR) is 105 cm³/mol. The van der Waals surface area contributed by atoms with Crippen LogP contribution in [0.25, 0.3) is 12.2 Å². The first kappa shape index (κ1) is 20.3. The summed E-state index contributed by atoms with van der Waals surface area (Å²) in [6.45, 7) is 0.778. The van der Waals surface area contributed by atoms with E-state index in [1.165, 1.54) is 43.5 Å². The molecule has 5 heteroatoms. The Hall–Kier alpha value is -3.05. The minimum atomic E-state index is -0.428. The first-order valence-corrected chi connectivity index (χ1v) is 8.50. The molecule has 4 nitrogen and oxygen atoms in total. The van der Waals surface area contributed by atoms with Gasteiger partial charge in [-0.15, -0.1) is 0 Å². The van der Waals surface area contributed by atoms with E-state index in [2.05, 4.69) is 5.32 Å². The van der Waals surface area contributed by atoms with Gasteiger partial charge in [0.1, 0.15) is 11.6 Å². The topological polar surface area (TPSA) is 55.4 Å². The van der Waals surface area contributed by atoms with Gasteiger partial charge < -0.3 is 10.1 Å². The third kappa shape index (κ3) is 6.64. The first-order chi connectivity index (χ1) is 13.0. The third-order valence-electron chi connectivity index (χ3n) is 3.81. The van der Waals surface area contributed by atoms with Gasteiger partial charge in [0, 0.05) is 12.1 Å². The monoisotopic (exact) mass is 367 g/mol. The minimum Gasteiger partial charge on any atom is -0.496 e. The maximum Gasteiger partial charge on any atom is 0.163 e. The summed E-state index contributed by atoms with van der Waals surface area (Å²) in [5.74, 6) is -0.633. The number of carbonyl (C=O) groups excluding carboxylic acids is 2. The fourth-order valence-corrected chi connectivity index (χ4v) is 2.45. The zero-order chi connectivity index (χ0) is 19.6. The lowest BCUT2D eigenvalue weighted by Crippen LogP contribution is -2.04. The summed E-state index contributed by atoms with van der Waals surface area (Å²) in [6, 6.07) is 11.8. The van der Waals surface area contributed by atoms with E-state index in [9.17, 15) is 14.0 Å². The van der Waals surface area contributed by atoms with Gasteiger partial charge in [-0.3, -0.25) is 9.59 Å². The average Bonchev–Trinajstić information content (AvgIpc) is 2.66. The minimum absolute atomic E-state index is 0.248. The van der Waals surface area contributed by atoms with Gasteiger partial charge in [0.15, 0.2) is 11.6 Å². The highest BCUT2D eigenvalue weighted by atomic mass is 19.1. The summed E-state index contributed by atoms with van der Waals surface area (Å²) in [5.41, 5.74) is 2.47. The largest absolute Gasteiger partial charge is 0.496 e. The number of hydrogen-bond donors (Lipinski definition) is 1. The van der Waals surface area contributed by atoms with Crippen LogP contribution in [-0.4, -0.2) is 25.7 Å². The van der Waals surface area contributed by atoms with Crippen LogP contribution in [0, 0.1) is 5.82 Å². The number of halogens is 1. The highest BCUT2D eigenvalue weighted by Crippen LogP contribution is 2.20. The molecule has 0 unspecified atom stereocenters. The molecule has 0 saturated heterocycles. The lowest BCUT2D eigenvalue weighted by Gasteiger charge is -2.03. The third-order valence-corrected chi connectivity index (χ3v) is 3.81. The van der Waals surface area contributed by atoms with Gasteiger partial charge in [-0.25, -0.2) is 4.39 Å². The van der Waals surface area contributed by atoms with Crippen molar-refractivity contribution >= 4 is 23.7 Å². The molecule has 0 amide bonds. The number of benzene rings is 2. The Labute approximate surface area is 158 Å². The van der Waals surface area contributed by atoms with Crippen LogP contribution >= 0.6 is 0 Å². The Bertz CT molecular complexity index is 854. The van der Waals surface area contributed by atoms with Crippen LogP contribution in [0.5, 0.6) is 5.75 Å². The lowest BCUT2D eigenvalue weighted by molar-refractivity contribution is -0.121. The van der Waals surface area contributed by atoms with E-state index in [0.29, 0.717) is 11.3 Å². The summed E-state index contributed by atoms with van der Waals surface area (Å²) in [7, 11) is 3.34. The van der Waals surface area contributed by atoms with E-state index in [1.54, 1.807) is 6.08 Å². The normalized spacial score (nSPS) is 11.2. The van der Waals surface area contributed by atoms with Crippen LogP contribution in [0.15, 0.2) is 54.6 Å². The van der Waals surface area contributed by atoms with Crippen molar-refractivity contribution in [2.45, 2.75) is 13.0 Å². The van der Waals surface area contributed by atoms with Gasteiger partial charge in [0.2, 0.25) is 0 Å². The first-order valence-electron chi connectivity index (χ1n) is 8.50. The van der Waals surface area contributed by atoms with Gasteiger partial charge in [-0.05, 0) is 54.6 Å². The molecule has 0 aliphatic heterocycles. The Morgan fingerprint density at radius 3 is 2.33 bits per heavy atom. The molecule has 2 aromatic carbocycles. The highest BCUT2D eigenvalue weighted by Gasteiger charge is 2.06. The van der Waals surface area contributed by atoms with Crippen LogP contribution in [0.4, 0.5) is 4.39 Å². The molecule has 0 atom stereocenters. The van der Waals surface area contributed by atoms with Gasteiger partial charge in [0.05, 0.1) is 13.5 Å². The summed E-state index contributed by atoms with van der Waals surface area (Å²) in [6.07, 6.45) is 5.53. The van der Waals surface area contributed by atoms with E-state index in [4.69, 9.17) is 4.74 Å². The van der Waals surface area contributed by atoms with Crippen molar-refractivity contribution in [3.8, 4) is 5.75 Å². The number of rotatable bonds is 9. The van der Waals surface area contributed by atoms with Crippen LogP contribution in [0.3, 0.4) is 0 Å². The van der Waals surface area contributed by atoms with Crippen molar-refractivity contribution < 1.29 is 18.7 Å². The van der Waals surface area contributed by atoms with E-state index in [1.807, 2.05) is 31.3 Å². The maximum atomic E-state index is 13.3. The molecule has 0 aromatic heterocycles. The van der Waals surface area contributed by atoms with E-state index >= 15 is 0 Å². The Kier molecular flexibility index (Phi) is 7.64. The molecule has 0 radical (unpaired) electrons. The molecular weight excluding hydrogens is 345 g/mol. The van der Waals surface area contributed by atoms with Gasteiger partial charge >= 0.3 is 0 Å². The van der Waals surface area contributed by atoms with Crippen LogP contribution in [-0.2, 0) is 16.1 Å². The molecule has 0 aliphatic rings. The van der Waals surface area contributed by atoms with Gasteiger partial charge in [-0.1, -0.05) is 30.3 Å². The summed E-state index contributed by atoms with van der Waals surface area (Å²) in [4.78, 5) is 23.9. The molecule has 0 bridgehead atoms. The molecule has 27 heavy (non-hydrogen) atoms. The van der Waals surface area contributed by atoms with Crippen molar-refractivity contribution in [1.29, 1.82) is 0 Å².